The fraction of sp³-hybridized carbons (Fsp3) is 0.421. The van der Waals surface area contributed by atoms with Crippen molar-refractivity contribution in [1.82, 2.24) is 14.9 Å². The number of rotatable bonds is 6. The number of nitrogens with zero attached hydrogens (tertiary/aromatic N) is 2. The zero-order valence-electron chi connectivity index (χ0n) is 15.5. The van der Waals surface area contributed by atoms with Gasteiger partial charge in [-0.2, -0.15) is 0 Å². The average Bonchev–Trinajstić information content (AvgIpc) is 2.67. The van der Waals surface area contributed by atoms with Gasteiger partial charge in [-0.25, -0.2) is 4.98 Å². The molecule has 2 N–H and O–H groups in total. The Morgan fingerprint density at radius 3 is 2.67 bits per heavy atom. The van der Waals surface area contributed by atoms with Crippen molar-refractivity contribution < 1.29 is 14.3 Å². The molecule has 2 aromatic rings. The SMILES string of the molecule is COc1cc(NC(=O)CN2CCC[C@H](c3cc(=O)[nH]cn3)C2)cc(OC)c1. The van der Waals surface area contributed by atoms with Gasteiger partial charge in [-0.15, -0.1) is 0 Å². The minimum absolute atomic E-state index is 0.107. The third-order valence-electron chi connectivity index (χ3n) is 4.63. The lowest BCUT2D eigenvalue weighted by molar-refractivity contribution is -0.117. The number of hydrogen-bond acceptors (Lipinski definition) is 6. The van der Waals surface area contributed by atoms with Gasteiger partial charge in [0.15, 0.2) is 0 Å². The van der Waals surface area contributed by atoms with Gasteiger partial charge >= 0.3 is 0 Å². The number of likely N-dealkylation sites (tertiary alicyclic amines) is 1. The lowest BCUT2D eigenvalue weighted by atomic mass is 9.94. The number of hydrogen-bond donors (Lipinski definition) is 2. The fourth-order valence-corrected chi connectivity index (χ4v) is 3.33. The quantitative estimate of drug-likeness (QED) is 0.800. The van der Waals surface area contributed by atoms with Crippen molar-refractivity contribution in [1.29, 1.82) is 0 Å². The Bertz CT molecular complexity index is 829. The molecular weight excluding hydrogens is 348 g/mol. The van der Waals surface area contributed by atoms with Crippen molar-refractivity contribution in [2.45, 2.75) is 18.8 Å². The number of methoxy groups -OCH3 is 2. The van der Waals surface area contributed by atoms with E-state index in [-0.39, 0.29) is 23.9 Å². The maximum Gasteiger partial charge on any atom is 0.250 e. The molecule has 0 unspecified atom stereocenters. The summed E-state index contributed by atoms with van der Waals surface area (Å²) in [4.78, 5) is 32.9. The van der Waals surface area contributed by atoms with Gasteiger partial charge in [0.25, 0.3) is 5.56 Å². The summed E-state index contributed by atoms with van der Waals surface area (Å²) in [5, 5.41) is 2.89. The predicted molar refractivity (Wildman–Crippen MR) is 101 cm³/mol. The van der Waals surface area contributed by atoms with Crippen LogP contribution in [-0.2, 0) is 4.79 Å². The molecule has 1 fully saturated rings. The van der Waals surface area contributed by atoms with Gasteiger partial charge < -0.3 is 19.8 Å². The number of aromatic amines is 1. The van der Waals surface area contributed by atoms with Crippen LogP contribution < -0.4 is 20.3 Å². The van der Waals surface area contributed by atoms with Crippen LogP contribution in [0.2, 0.25) is 0 Å². The van der Waals surface area contributed by atoms with Gasteiger partial charge in [0.1, 0.15) is 11.5 Å². The van der Waals surface area contributed by atoms with E-state index in [0.717, 1.165) is 25.1 Å². The van der Waals surface area contributed by atoms with Gasteiger partial charge in [0.05, 0.1) is 32.8 Å². The van der Waals surface area contributed by atoms with E-state index < -0.39 is 0 Å². The van der Waals surface area contributed by atoms with E-state index in [2.05, 4.69) is 20.2 Å². The molecule has 144 valence electrons. The molecule has 1 aliphatic rings. The molecule has 1 aliphatic heterocycles. The second-order valence-corrected chi connectivity index (χ2v) is 6.56. The van der Waals surface area contributed by atoms with Crippen molar-refractivity contribution in [3.05, 3.63) is 46.6 Å². The molecule has 1 atom stereocenters. The predicted octanol–water partition coefficient (Wildman–Crippen LogP) is 1.61. The van der Waals surface area contributed by atoms with Crippen molar-refractivity contribution in [2.24, 2.45) is 0 Å². The van der Waals surface area contributed by atoms with Crippen LogP contribution in [0.25, 0.3) is 0 Å². The Hall–Kier alpha value is -2.87. The van der Waals surface area contributed by atoms with E-state index in [4.69, 9.17) is 9.47 Å². The van der Waals surface area contributed by atoms with Gasteiger partial charge in [-0.05, 0) is 19.4 Å². The van der Waals surface area contributed by atoms with Crippen molar-refractivity contribution in [3.63, 3.8) is 0 Å². The Morgan fingerprint density at radius 1 is 1.26 bits per heavy atom. The zero-order valence-corrected chi connectivity index (χ0v) is 15.5. The fourth-order valence-electron chi connectivity index (χ4n) is 3.33. The Labute approximate surface area is 157 Å². The van der Waals surface area contributed by atoms with Crippen LogP contribution in [0.15, 0.2) is 35.4 Å². The average molecular weight is 372 g/mol. The summed E-state index contributed by atoms with van der Waals surface area (Å²) in [6.45, 7) is 1.82. The molecule has 1 saturated heterocycles. The molecule has 1 aromatic carbocycles. The number of H-pyrrole nitrogens is 1. The first-order chi connectivity index (χ1) is 13.1. The van der Waals surface area contributed by atoms with Crippen LogP contribution in [0.3, 0.4) is 0 Å². The molecule has 2 heterocycles. The second-order valence-electron chi connectivity index (χ2n) is 6.56. The number of benzene rings is 1. The Morgan fingerprint density at radius 2 is 2.00 bits per heavy atom. The molecule has 8 heteroatoms. The van der Waals surface area contributed by atoms with Crippen LogP contribution in [0, 0.1) is 0 Å². The molecule has 1 aromatic heterocycles. The second kappa shape index (κ2) is 8.68. The molecule has 0 bridgehead atoms. The van der Waals surface area contributed by atoms with E-state index in [0.29, 0.717) is 23.7 Å². The first kappa shape index (κ1) is 18.9. The molecular formula is C19H24N4O4. The highest BCUT2D eigenvalue weighted by atomic mass is 16.5. The normalized spacial score (nSPS) is 17.3. The molecule has 0 saturated carbocycles. The van der Waals surface area contributed by atoms with E-state index >= 15 is 0 Å². The monoisotopic (exact) mass is 372 g/mol. The number of ether oxygens (including phenoxy) is 2. The van der Waals surface area contributed by atoms with Gasteiger partial charge in [-0.3, -0.25) is 14.5 Å². The number of aromatic nitrogens is 2. The van der Waals surface area contributed by atoms with Crippen molar-refractivity contribution in [2.75, 3.05) is 39.2 Å². The maximum atomic E-state index is 12.5. The minimum Gasteiger partial charge on any atom is -0.497 e. The summed E-state index contributed by atoms with van der Waals surface area (Å²) in [5.74, 6) is 1.28. The molecule has 1 amide bonds. The van der Waals surface area contributed by atoms with Crippen molar-refractivity contribution >= 4 is 11.6 Å². The topological polar surface area (TPSA) is 96.6 Å². The summed E-state index contributed by atoms with van der Waals surface area (Å²) >= 11 is 0. The Balaban J connectivity index is 1.61. The molecule has 3 rings (SSSR count). The lowest BCUT2D eigenvalue weighted by Gasteiger charge is -2.31. The number of anilines is 1. The first-order valence-corrected chi connectivity index (χ1v) is 8.87. The lowest BCUT2D eigenvalue weighted by Crippen LogP contribution is -2.40. The summed E-state index contributed by atoms with van der Waals surface area (Å²) in [7, 11) is 3.13. The highest BCUT2D eigenvalue weighted by Gasteiger charge is 2.24. The number of piperidine rings is 1. The van der Waals surface area contributed by atoms with Crippen LogP contribution in [0.5, 0.6) is 11.5 Å². The molecule has 0 spiro atoms. The van der Waals surface area contributed by atoms with Gasteiger partial charge in [0, 0.05) is 42.4 Å². The van der Waals surface area contributed by atoms with Crippen LogP contribution >= 0.6 is 0 Å². The van der Waals surface area contributed by atoms with Gasteiger partial charge in [0.2, 0.25) is 5.91 Å². The van der Waals surface area contributed by atoms with E-state index in [9.17, 15) is 9.59 Å². The van der Waals surface area contributed by atoms with Crippen LogP contribution in [-0.4, -0.2) is 54.6 Å². The summed E-state index contributed by atoms with van der Waals surface area (Å²) < 4.78 is 10.4. The first-order valence-electron chi connectivity index (χ1n) is 8.87. The number of carbonyl (C=O) groups excluding carboxylic acids is 1. The zero-order chi connectivity index (χ0) is 19.2. The largest absolute Gasteiger partial charge is 0.497 e. The molecule has 27 heavy (non-hydrogen) atoms. The van der Waals surface area contributed by atoms with E-state index in [1.54, 1.807) is 32.4 Å². The summed E-state index contributed by atoms with van der Waals surface area (Å²) in [6.07, 6.45) is 3.35. The maximum absolute atomic E-state index is 12.5. The highest BCUT2D eigenvalue weighted by molar-refractivity contribution is 5.92. The van der Waals surface area contributed by atoms with Crippen LogP contribution in [0.4, 0.5) is 5.69 Å². The van der Waals surface area contributed by atoms with E-state index in [1.807, 2.05) is 0 Å². The minimum atomic E-state index is -0.151. The summed E-state index contributed by atoms with van der Waals surface area (Å²) in [6, 6.07) is 6.79. The van der Waals surface area contributed by atoms with E-state index in [1.165, 1.54) is 12.4 Å². The third-order valence-corrected chi connectivity index (χ3v) is 4.63. The number of nitrogens with one attached hydrogen (secondary N) is 2. The smallest absolute Gasteiger partial charge is 0.250 e. The van der Waals surface area contributed by atoms with Crippen LogP contribution in [0.1, 0.15) is 24.5 Å². The van der Waals surface area contributed by atoms with Gasteiger partial charge in [-0.1, -0.05) is 0 Å². The number of carbonyl (C=O) groups is 1. The number of amides is 1. The standard InChI is InChI=1S/C19H24N4O4/c1-26-15-6-14(7-16(8-15)27-2)22-19(25)11-23-5-3-4-13(10-23)17-9-18(24)21-12-20-17/h6-9,12-13H,3-5,10-11H2,1-2H3,(H,22,25)(H,20,21,24)/t13-/m0/s1. The summed E-state index contributed by atoms with van der Waals surface area (Å²) in [5.41, 5.74) is 1.25. The highest BCUT2D eigenvalue weighted by Crippen LogP contribution is 2.26. The third kappa shape index (κ3) is 5.07. The molecule has 0 radical (unpaired) electrons. The Kier molecular flexibility index (Phi) is 6.08. The van der Waals surface area contributed by atoms with Crippen molar-refractivity contribution in [3.8, 4) is 11.5 Å². The molecule has 8 nitrogen and oxygen atoms in total. The molecule has 0 aliphatic carbocycles.